The molecule has 0 aliphatic heterocycles. The number of thiophene rings is 1. The van der Waals surface area contributed by atoms with Gasteiger partial charge in [-0.05, 0) is 48.9 Å². The minimum atomic E-state index is -0.495. The fraction of sp³-hybridized carbons (Fsp3) is 0.381. The number of amides is 3. The molecule has 0 saturated heterocycles. The maximum absolute atomic E-state index is 12.5. The van der Waals surface area contributed by atoms with Crippen molar-refractivity contribution in [3.63, 3.8) is 0 Å². The van der Waals surface area contributed by atoms with Crippen LogP contribution in [0.15, 0.2) is 41.8 Å². The second kappa shape index (κ2) is 11.2. The molecule has 0 spiro atoms. The van der Waals surface area contributed by atoms with Crippen molar-refractivity contribution < 1.29 is 19.1 Å². The van der Waals surface area contributed by atoms with E-state index >= 15 is 0 Å². The molecule has 0 radical (unpaired) electrons. The molecule has 0 fully saturated rings. The van der Waals surface area contributed by atoms with Gasteiger partial charge < -0.3 is 20.7 Å². The van der Waals surface area contributed by atoms with Crippen LogP contribution in [-0.4, -0.2) is 37.1 Å². The molecule has 7 nitrogen and oxygen atoms in total. The van der Waals surface area contributed by atoms with Crippen molar-refractivity contribution in [2.45, 2.75) is 33.2 Å². The lowest BCUT2D eigenvalue weighted by atomic mass is 10.0. The first kappa shape index (κ1) is 22.4. The van der Waals surface area contributed by atoms with E-state index in [1.807, 2.05) is 19.2 Å². The molecule has 1 heterocycles. The Kier molecular flexibility index (Phi) is 8.67. The Hall–Kier alpha value is -2.87. The summed E-state index contributed by atoms with van der Waals surface area (Å²) in [6.07, 6.45) is 0.210. The minimum Gasteiger partial charge on any atom is -0.450 e. The molecule has 8 heteroatoms. The Bertz CT molecular complexity index is 821. The standard InChI is InChI=1S/C21H27N3O4S/c1-4-28-21(27)24-17(11-14(2)3)13-22-19(25)15-7-5-8-16(12-15)23-20(26)18-9-6-10-29-18/h5-10,12,14,17H,4,11,13H2,1-3H3,(H,22,25)(H,23,26)(H,24,27). The number of anilines is 1. The highest BCUT2D eigenvalue weighted by molar-refractivity contribution is 7.12. The lowest BCUT2D eigenvalue weighted by Crippen LogP contribution is -2.44. The zero-order valence-electron chi connectivity index (χ0n) is 16.9. The van der Waals surface area contributed by atoms with E-state index in [-0.39, 0.29) is 31.0 Å². The Morgan fingerprint density at radius 1 is 1.10 bits per heavy atom. The molecule has 0 aliphatic carbocycles. The van der Waals surface area contributed by atoms with Gasteiger partial charge in [0, 0.05) is 23.8 Å². The van der Waals surface area contributed by atoms with Crippen molar-refractivity contribution in [1.29, 1.82) is 0 Å². The van der Waals surface area contributed by atoms with E-state index in [4.69, 9.17) is 4.74 Å². The number of carbonyl (C=O) groups excluding carboxylic acids is 3. The molecule has 0 aliphatic rings. The molecule has 1 aromatic heterocycles. The Balaban J connectivity index is 1.96. The second-order valence-electron chi connectivity index (χ2n) is 6.91. The van der Waals surface area contributed by atoms with Crippen LogP contribution in [-0.2, 0) is 4.74 Å². The van der Waals surface area contributed by atoms with E-state index in [1.165, 1.54) is 11.3 Å². The number of hydrogen-bond donors (Lipinski definition) is 3. The molecule has 0 saturated carbocycles. The molecule has 1 unspecified atom stereocenters. The Morgan fingerprint density at radius 3 is 2.55 bits per heavy atom. The van der Waals surface area contributed by atoms with Crippen LogP contribution in [0.4, 0.5) is 10.5 Å². The van der Waals surface area contributed by atoms with Gasteiger partial charge in [0.15, 0.2) is 0 Å². The SMILES string of the molecule is CCOC(=O)NC(CNC(=O)c1cccc(NC(=O)c2cccs2)c1)CC(C)C. The summed E-state index contributed by atoms with van der Waals surface area (Å²) in [5.74, 6) is -0.153. The number of carbonyl (C=O) groups is 3. The van der Waals surface area contributed by atoms with Crippen molar-refractivity contribution in [3.8, 4) is 0 Å². The van der Waals surface area contributed by atoms with E-state index in [0.29, 0.717) is 28.5 Å². The lowest BCUT2D eigenvalue weighted by Gasteiger charge is -2.20. The molecule has 2 aromatic rings. The van der Waals surface area contributed by atoms with Crippen LogP contribution in [0.5, 0.6) is 0 Å². The number of rotatable bonds is 9. The summed E-state index contributed by atoms with van der Waals surface area (Å²) in [6.45, 7) is 6.39. The summed E-state index contributed by atoms with van der Waals surface area (Å²) in [7, 11) is 0. The highest BCUT2D eigenvalue weighted by Gasteiger charge is 2.17. The number of benzene rings is 1. The largest absolute Gasteiger partial charge is 0.450 e. The molecule has 1 aromatic carbocycles. The van der Waals surface area contributed by atoms with E-state index in [0.717, 1.165) is 0 Å². The number of ether oxygens (including phenoxy) is 1. The van der Waals surface area contributed by atoms with Crippen LogP contribution in [0.2, 0.25) is 0 Å². The summed E-state index contributed by atoms with van der Waals surface area (Å²) in [5.41, 5.74) is 0.966. The predicted octanol–water partition coefficient (Wildman–Crippen LogP) is 3.89. The molecule has 3 N–H and O–H groups in total. The molecule has 0 bridgehead atoms. The smallest absolute Gasteiger partial charge is 0.407 e. The first-order valence-corrected chi connectivity index (χ1v) is 10.4. The van der Waals surface area contributed by atoms with Crippen molar-refractivity contribution >= 4 is 34.9 Å². The third-order valence-electron chi connectivity index (χ3n) is 3.99. The molecule has 156 valence electrons. The Morgan fingerprint density at radius 2 is 1.90 bits per heavy atom. The zero-order valence-corrected chi connectivity index (χ0v) is 17.7. The van der Waals surface area contributed by atoms with Crippen LogP contribution in [0.1, 0.15) is 47.2 Å². The van der Waals surface area contributed by atoms with E-state index in [9.17, 15) is 14.4 Å². The van der Waals surface area contributed by atoms with E-state index in [2.05, 4.69) is 16.0 Å². The summed E-state index contributed by atoms with van der Waals surface area (Å²) in [4.78, 5) is 37.0. The number of hydrogen-bond acceptors (Lipinski definition) is 5. The fourth-order valence-electron chi connectivity index (χ4n) is 2.76. The van der Waals surface area contributed by atoms with Gasteiger partial charge in [0.05, 0.1) is 11.5 Å². The van der Waals surface area contributed by atoms with Crippen LogP contribution in [0.3, 0.4) is 0 Å². The highest BCUT2D eigenvalue weighted by atomic mass is 32.1. The van der Waals surface area contributed by atoms with E-state index in [1.54, 1.807) is 43.3 Å². The second-order valence-corrected chi connectivity index (χ2v) is 7.86. The first-order valence-electron chi connectivity index (χ1n) is 9.55. The predicted molar refractivity (Wildman–Crippen MR) is 114 cm³/mol. The van der Waals surface area contributed by atoms with Gasteiger partial charge in [0.1, 0.15) is 0 Å². The fourth-order valence-corrected chi connectivity index (χ4v) is 3.38. The molecule has 1 atom stereocenters. The van der Waals surface area contributed by atoms with Gasteiger partial charge in [0.25, 0.3) is 11.8 Å². The van der Waals surface area contributed by atoms with Crippen molar-refractivity contribution in [2.24, 2.45) is 5.92 Å². The van der Waals surface area contributed by atoms with Crippen molar-refractivity contribution in [3.05, 3.63) is 52.2 Å². The third-order valence-corrected chi connectivity index (χ3v) is 4.86. The van der Waals surface area contributed by atoms with Gasteiger partial charge in [-0.15, -0.1) is 11.3 Å². The third kappa shape index (κ3) is 7.57. The molecule has 3 amide bonds. The molecular weight excluding hydrogens is 390 g/mol. The Labute approximate surface area is 174 Å². The van der Waals surface area contributed by atoms with Gasteiger partial charge >= 0.3 is 6.09 Å². The number of alkyl carbamates (subject to hydrolysis) is 1. The van der Waals surface area contributed by atoms with Crippen LogP contribution >= 0.6 is 11.3 Å². The maximum atomic E-state index is 12.5. The van der Waals surface area contributed by atoms with Gasteiger partial charge in [-0.25, -0.2) is 4.79 Å². The maximum Gasteiger partial charge on any atom is 0.407 e. The zero-order chi connectivity index (χ0) is 21.2. The topological polar surface area (TPSA) is 96.5 Å². The number of nitrogens with one attached hydrogen (secondary N) is 3. The van der Waals surface area contributed by atoms with Crippen molar-refractivity contribution in [2.75, 3.05) is 18.5 Å². The normalized spacial score (nSPS) is 11.6. The molecular formula is C21H27N3O4S. The van der Waals surface area contributed by atoms with Crippen LogP contribution in [0.25, 0.3) is 0 Å². The van der Waals surface area contributed by atoms with Gasteiger partial charge in [-0.3, -0.25) is 9.59 Å². The average molecular weight is 418 g/mol. The quantitative estimate of drug-likeness (QED) is 0.577. The average Bonchev–Trinajstić information content (AvgIpc) is 3.21. The monoisotopic (exact) mass is 417 g/mol. The van der Waals surface area contributed by atoms with Crippen LogP contribution < -0.4 is 16.0 Å². The summed E-state index contributed by atoms with van der Waals surface area (Å²) >= 11 is 1.35. The summed E-state index contributed by atoms with van der Waals surface area (Å²) in [6, 6.07) is 10.0. The van der Waals surface area contributed by atoms with Crippen molar-refractivity contribution in [1.82, 2.24) is 10.6 Å². The van der Waals surface area contributed by atoms with Crippen LogP contribution in [0, 0.1) is 5.92 Å². The minimum absolute atomic E-state index is 0.215. The first-order chi connectivity index (χ1) is 13.9. The van der Waals surface area contributed by atoms with E-state index < -0.39 is 6.09 Å². The molecule has 29 heavy (non-hydrogen) atoms. The van der Waals surface area contributed by atoms with Gasteiger partial charge in [0.2, 0.25) is 0 Å². The summed E-state index contributed by atoms with van der Waals surface area (Å²) < 4.78 is 4.93. The van der Waals surface area contributed by atoms with Gasteiger partial charge in [-0.1, -0.05) is 26.0 Å². The highest BCUT2D eigenvalue weighted by Crippen LogP contribution is 2.15. The lowest BCUT2D eigenvalue weighted by molar-refractivity contribution is 0.0943. The molecule has 2 rings (SSSR count). The van der Waals surface area contributed by atoms with Gasteiger partial charge in [-0.2, -0.15) is 0 Å². The summed E-state index contributed by atoms with van der Waals surface area (Å²) in [5, 5.41) is 10.2.